The fourth-order valence-corrected chi connectivity index (χ4v) is 2.09. The number of aryl methyl sites for hydroxylation is 3. The summed E-state index contributed by atoms with van der Waals surface area (Å²) in [4.78, 5) is 24.1. The van der Waals surface area contributed by atoms with Gasteiger partial charge >= 0.3 is 5.97 Å². The third-order valence-electron chi connectivity index (χ3n) is 3.60. The molecule has 0 N–H and O–H groups in total. The van der Waals surface area contributed by atoms with Crippen LogP contribution in [0.4, 0.5) is 0 Å². The first-order chi connectivity index (χ1) is 10.9. The van der Waals surface area contributed by atoms with E-state index in [0.29, 0.717) is 11.3 Å². The molecule has 0 aliphatic rings. The van der Waals surface area contributed by atoms with E-state index in [1.54, 1.807) is 25.1 Å². The lowest BCUT2D eigenvalue weighted by atomic mass is 10.0. The van der Waals surface area contributed by atoms with Crippen molar-refractivity contribution in [2.75, 3.05) is 0 Å². The van der Waals surface area contributed by atoms with Crippen molar-refractivity contribution in [1.82, 2.24) is 0 Å². The van der Waals surface area contributed by atoms with E-state index in [2.05, 4.69) is 0 Å². The monoisotopic (exact) mass is 312 g/mol. The summed E-state index contributed by atoms with van der Waals surface area (Å²) in [5.74, 6) is 0.524. The van der Waals surface area contributed by atoms with Crippen LogP contribution >= 0.6 is 0 Å². The van der Waals surface area contributed by atoms with Crippen LogP contribution in [0.5, 0.6) is 0 Å². The van der Waals surface area contributed by atoms with Gasteiger partial charge in [0.05, 0.1) is 0 Å². The van der Waals surface area contributed by atoms with Gasteiger partial charge in [-0.2, -0.15) is 0 Å². The van der Waals surface area contributed by atoms with Gasteiger partial charge in [-0.1, -0.05) is 12.1 Å². The van der Waals surface area contributed by atoms with Gasteiger partial charge in [0.2, 0.25) is 5.78 Å². The van der Waals surface area contributed by atoms with E-state index >= 15 is 0 Å². The Morgan fingerprint density at radius 3 is 2.43 bits per heavy atom. The highest BCUT2D eigenvalue weighted by Crippen LogP contribution is 2.13. The van der Waals surface area contributed by atoms with E-state index in [1.807, 2.05) is 32.9 Å². The predicted octanol–water partition coefficient (Wildman–Crippen LogP) is 4.03. The van der Waals surface area contributed by atoms with E-state index in [4.69, 9.17) is 9.15 Å². The maximum atomic E-state index is 12.3. The molecule has 1 heterocycles. The maximum Gasteiger partial charge on any atom is 0.331 e. The molecule has 4 nitrogen and oxygen atoms in total. The molecule has 1 unspecified atom stereocenters. The van der Waals surface area contributed by atoms with Crippen LogP contribution in [0.1, 0.15) is 39.9 Å². The quantitative estimate of drug-likeness (QED) is 0.475. The fraction of sp³-hybridized carbons (Fsp3) is 0.263. The second-order valence-corrected chi connectivity index (χ2v) is 5.52. The number of ether oxygens (including phenoxy) is 1. The van der Waals surface area contributed by atoms with Crippen molar-refractivity contribution >= 4 is 17.8 Å². The summed E-state index contributed by atoms with van der Waals surface area (Å²) in [5.41, 5.74) is 2.68. The molecule has 0 aliphatic carbocycles. The Bertz CT molecular complexity index is 752. The molecular formula is C19H20O4. The van der Waals surface area contributed by atoms with Crippen LogP contribution in [0.3, 0.4) is 0 Å². The summed E-state index contributed by atoms with van der Waals surface area (Å²) >= 11 is 0. The predicted molar refractivity (Wildman–Crippen MR) is 88.3 cm³/mol. The largest absolute Gasteiger partial charge is 0.462 e. The number of hydrogen-bond donors (Lipinski definition) is 0. The molecule has 0 radical (unpaired) electrons. The second-order valence-electron chi connectivity index (χ2n) is 5.52. The van der Waals surface area contributed by atoms with E-state index in [-0.39, 0.29) is 5.78 Å². The molecule has 0 saturated heterocycles. The molecule has 2 rings (SSSR count). The minimum Gasteiger partial charge on any atom is -0.462 e. The molecule has 1 aromatic carbocycles. The van der Waals surface area contributed by atoms with Crippen LogP contribution in [0.2, 0.25) is 0 Å². The SMILES string of the molecule is Cc1ccc(/C=C/C(=O)OC(C)C(=O)c2ccc(C)c(C)c2)o1. The van der Waals surface area contributed by atoms with Gasteiger partial charge in [0.25, 0.3) is 0 Å². The summed E-state index contributed by atoms with van der Waals surface area (Å²) in [6.07, 6.45) is 1.93. The molecule has 0 aliphatic heterocycles. The van der Waals surface area contributed by atoms with E-state index in [1.165, 1.54) is 12.2 Å². The molecule has 0 bridgehead atoms. The molecule has 2 aromatic rings. The van der Waals surface area contributed by atoms with Gasteiger partial charge in [-0.3, -0.25) is 4.79 Å². The number of ketones is 1. The van der Waals surface area contributed by atoms with Crippen molar-refractivity contribution < 1.29 is 18.7 Å². The van der Waals surface area contributed by atoms with Gasteiger partial charge < -0.3 is 9.15 Å². The number of benzene rings is 1. The zero-order chi connectivity index (χ0) is 17.0. The average molecular weight is 312 g/mol. The zero-order valence-corrected chi connectivity index (χ0v) is 13.8. The first-order valence-corrected chi connectivity index (χ1v) is 7.43. The Kier molecular flexibility index (Phi) is 5.16. The molecule has 0 fully saturated rings. The van der Waals surface area contributed by atoms with Crippen molar-refractivity contribution in [2.24, 2.45) is 0 Å². The van der Waals surface area contributed by atoms with Crippen LogP contribution in [-0.4, -0.2) is 17.9 Å². The highest BCUT2D eigenvalue weighted by molar-refractivity contribution is 6.01. The number of rotatable bonds is 5. The van der Waals surface area contributed by atoms with Crippen LogP contribution < -0.4 is 0 Å². The molecule has 0 saturated carbocycles. The van der Waals surface area contributed by atoms with Crippen LogP contribution in [-0.2, 0) is 9.53 Å². The van der Waals surface area contributed by atoms with Crippen molar-refractivity contribution in [3.05, 3.63) is 64.6 Å². The first-order valence-electron chi connectivity index (χ1n) is 7.43. The lowest BCUT2D eigenvalue weighted by molar-refractivity contribution is -0.140. The third kappa shape index (κ3) is 4.42. The lowest BCUT2D eigenvalue weighted by Crippen LogP contribution is -2.23. The number of carbonyl (C=O) groups is 2. The molecule has 0 amide bonds. The maximum absolute atomic E-state index is 12.3. The lowest BCUT2D eigenvalue weighted by Gasteiger charge is -2.11. The second kappa shape index (κ2) is 7.09. The highest BCUT2D eigenvalue weighted by Gasteiger charge is 2.18. The van der Waals surface area contributed by atoms with Crippen molar-refractivity contribution in [2.45, 2.75) is 33.8 Å². The van der Waals surface area contributed by atoms with Gasteiger partial charge in [0.15, 0.2) is 6.10 Å². The van der Waals surface area contributed by atoms with Crippen molar-refractivity contribution in [3.63, 3.8) is 0 Å². The number of hydrogen-bond acceptors (Lipinski definition) is 4. The summed E-state index contributed by atoms with van der Waals surface area (Å²) < 4.78 is 10.5. The Morgan fingerprint density at radius 2 is 1.83 bits per heavy atom. The molecule has 23 heavy (non-hydrogen) atoms. The van der Waals surface area contributed by atoms with Gasteiger partial charge in [-0.15, -0.1) is 0 Å². The van der Waals surface area contributed by atoms with E-state index < -0.39 is 12.1 Å². The normalized spacial score (nSPS) is 12.3. The van der Waals surface area contributed by atoms with Gasteiger partial charge in [0, 0.05) is 11.6 Å². The van der Waals surface area contributed by atoms with Gasteiger partial charge in [0.1, 0.15) is 11.5 Å². The van der Waals surface area contributed by atoms with E-state index in [9.17, 15) is 9.59 Å². The van der Waals surface area contributed by atoms with Crippen LogP contribution in [0.25, 0.3) is 6.08 Å². The molecule has 120 valence electrons. The Hall–Kier alpha value is -2.62. The van der Waals surface area contributed by atoms with E-state index in [0.717, 1.165) is 16.9 Å². The molecule has 1 atom stereocenters. The Balaban J connectivity index is 1.98. The Morgan fingerprint density at radius 1 is 1.09 bits per heavy atom. The minimum atomic E-state index is -0.840. The molecule has 0 spiro atoms. The molecule has 4 heteroatoms. The van der Waals surface area contributed by atoms with Crippen molar-refractivity contribution in [1.29, 1.82) is 0 Å². The molecular weight excluding hydrogens is 292 g/mol. The fourth-order valence-electron chi connectivity index (χ4n) is 2.09. The zero-order valence-electron chi connectivity index (χ0n) is 13.8. The van der Waals surface area contributed by atoms with Crippen LogP contribution in [0, 0.1) is 20.8 Å². The van der Waals surface area contributed by atoms with Crippen LogP contribution in [0.15, 0.2) is 40.8 Å². The number of Topliss-reactive ketones (excluding diaryl/α,β-unsaturated/α-hetero) is 1. The molecule has 1 aromatic heterocycles. The standard InChI is InChI=1S/C19H20O4/c1-12-5-7-16(11-13(12)2)19(21)15(4)23-18(20)10-9-17-8-6-14(3)22-17/h5-11,15H,1-4H3/b10-9+. The summed E-state index contributed by atoms with van der Waals surface area (Å²) in [6.45, 7) is 7.31. The summed E-state index contributed by atoms with van der Waals surface area (Å²) in [5, 5.41) is 0. The van der Waals surface area contributed by atoms with Gasteiger partial charge in [-0.05, 0) is 63.1 Å². The number of carbonyl (C=O) groups excluding carboxylic acids is 2. The first kappa shape index (κ1) is 16.7. The average Bonchev–Trinajstić information content (AvgIpc) is 2.93. The minimum absolute atomic E-state index is 0.219. The summed E-state index contributed by atoms with van der Waals surface area (Å²) in [6, 6.07) is 9.00. The topological polar surface area (TPSA) is 56.5 Å². The number of furan rings is 1. The number of esters is 1. The smallest absolute Gasteiger partial charge is 0.331 e. The highest BCUT2D eigenvalue weighted by atomic mass is 16.5. The Labute approximate surface area is 135 Å². The van der Waals surface area contributed by atoms with Crippen molar-refractivity contribution in [3.8, 4) is 0 Å². The summed E-state index contributed by atoms with van der Waals surface area (Å²) in [7, 11) is 0. The van der Waals surface area contributed by atoms with Gasteiger partial charge in [-0.25, -0.2) is 4.79 Å². The third-order valence-corrected chi connectivity index (χ3v) is 3.60.